The molecule has 0 fully saturated rings. The third kappa shape index (κ3) is 2.27. The van der Waals surface area contributed by atoms with Crippen LogP contribution in [0.1, 0.15) is 24.8 Å². The molecule has 2 heterocycles. The van der Waals surface area contributed by atoms with Crippen LogP contribution in [0.5, 0.6) is 0 Å². The van der Waals surface area contributed by atoms with E-state index >= 15 is 0 Å². The molecule has 3 rings (SSSR count). The number of imidazole rings is 1. The Kier molecular flexibility index (Phi) is 3.09. The van der Waals surface area contributed by atoms with Crippen LogP contribution < -0.4 is 5.73 Å². The molecule has 0 amide bonds. The molecule has 3 aromatic rings. The van der Waals surface area contributed by atoms with Gasteiger partial charge in [-0.05, 0) is 48.7 Å². The number of furan rings is 1. The number of hydrogen-bond acceptors (Lipinski definition) is 3. The Bertz CT molecular complexity index is 670. The molecule has 2 aromatic heterocycles. The van der Waals surface area contributed by atoms with Crippen molar-refractivity contribution in [1.82, 2.24) is 9.97 Å². The summed E-state index contributed by atoms with van der Waals surface area (Å²) in [5.41, 5.74) is 8.89. The smallest absolute Gasteiger partial charge is 0.174 e. The van der Waals surface area contributed by atoms with Crippen LogP contribution in [0, 0.1) is 0 Å². The topological polar surface area (TPSA) is 67.8 Å². The molecule has 19 heavy (non-hydrogen) atoms. The first-order valence-corrected chi connectivity index (χ1v) is 6.51. The van der Waals surface area contributed by atoms with Crippen LogP contribution in [0.3, 0.4) is 0 Å². The van der Waals surface area contributed by atoms with Crippen molar-refractivity contribution < 1.29 is 4.42 Å². The summed E-state index contributed by atoms with van der Waals surface area (Å²) in [5.74, 6) is 1.99. The highest BCUT2D eigenvalue weighted by Crippen LogP contribution is 2.25. The van der Waals surface area contributed by atoms with E-state index in [1.807, 2.05) is 18.2 Å². The summed E-state index contributed by atoms with van der Waals surface area (Å²) in [6.45, 7) is 2.90. The molecule has 0 saturated heterocycles. The van der Waals surface area contributed by atoms with Gasteiger partial charge in [-0.3, -0.25) is 0 Å². The summed E-state index contributed by atoms with van der Waals surface area (Å²) in [4.78, 5) is 7.83. The molecule has 0 bridgehead atoms. The second kappa shape index (κ2) is 4.90. The molecule has 4 heteroatoms. The van der Waals surface area contributed by atoms with Gasteiger partial charge < -0.3 is 15.1 Å². The van der Waals surface area contributed by atoms with E-state index in [1.165, 1.54) is 5.56 Å². The molecular formula is C15H17N3O. The van der Waals surface area contributed by atoms with Gasteiger partial charge >= 0.3 is 0 Å². The van der Waals surface area contributed by atoms with Crippen LogP contribution in [-0.2, 0) is 0 Å². The standard InChI is InChI=1S/C15H17N3O/c1-10(6-7-16)11-4-5-12-13(9-11)18-15(17-12)14-3-2-8-19-14/h2-5,8-10H,6-7,16H2,1H3,(H,17,18). The second-order valence-electron chi connectivity index (χ2n) is 4.82. The van der Waals surface area contributed by atoms with Gasteiger partial charge in [0.1, 0.15) is 0 Å². The molecule has 0 aliphatic carbocycles. The zero-order valence-electron chi connectivity index (χ0n) is 10.9. The van der Waals surface area contributed by atoms with Gasteiger partial charge in [0.25, 0.3) is 0 Å². The average Bonchev–Trinajstić information content (AvgIpc) is 3.07. The Hall–Kier alpha value is -2.07. The molecule has 3 N–H and O–H groups in total. The molecule has 0 aliphatic rings. The minimum atomic E-state index is 0.463. The predicted molar refractivity (Wildman–Crippen MR) is 75.9 cm³/mol. The first-order chi connectivity index (χ1) is 9.28. The maximum atomic E-state index is 5.62. The molecule has 4 nitrogen and oxygen atoms in total. The van der Waals surface area contributed by atoms with E-state index in [-0.39, 0.29) is 0 Å². The third-order valence-electron chi connectivity index (χ3n) is 3.43. The van der Waals surface area contributed by atoms with Crippen LogP contribution in [0.15, 0.2) is 41.0 Å². The average molecular weight is 255 g/mol. The van der Waals surface area contributed by atoms with Crippen molar-refractivity contribution in [2.75, 3.05) is 6.54 Å². The van der Waals surface area contributed by atoms with E-state index in [4.69, 9.17) is 10.2 Å². The minimum absolute atomic E-state index is 0.463. The van der Waals surface area contributed by atoms with Gasteiger partial charge in [0.15, 0.2) is 11.6 Å². The number of benzene rings is 1. The van der Waals surface area contributed by atoms with Crippen molar-refractivity contribution in [2.45, 2.75) is 19.3 Å². The fourth-order valence-corrected chi connectivity index (χ4v) is 2.28. The maximum absolute atomic E-state index is 5.62. The second-order valence-corrected chi connectivity index (χ2v) is 4.82. The summed E-state index contributed by atoms with van der Waals surface area (Å²) < 4.78 is 5.36. The number of H-pyrrole nitrogens is 1. The quantitative estimate of drug-likeness (QED) is 0.751. The molecule has 1 atom stereocenters. The summed E-state index contributed by atoms with van der Waals surface area (Å²) in [7, 11) is 0. The van der Waals surface area contributed by atoms with Crippen molar-refractivity contribution in [1.29, 1.82) is 0 Å². The van der Waals surface area contributed by atoms with E-state index in [9.17, 15) is 0 Å². The molecule has 0 radical (unpaired) electrons. The molecule has 1 unspecified atom stereocenters. The Morgan fingerprint density at radius 3 is 3.00 bits per heavy atom. The fourth-order valence-electron chi connectivity index (χ4n) is 2.28. The Morgan fingerprint density at radius 1 is 1.37 bits per heavy atom. The predicted octanol–water partition coefficient (Wildman–Crippen LogP) is 3.28. The van der Waals surface area contributed by atoms with Gasteiger partial charge in [-0.25, -0.2) is 4.98 Å². The lowest BCUT2D eigenvalue weighted by molar-refractivity contribution is 0.578. The monoisotopic (exact) mass is 255 g/mol. The van der Waals surface area contributed by atoms with Crippen LogP contribution in [0.4, 0.5) is 0 Å². The van der Waals surface area contributed by atoms with E-state index < -0.39 is 0 Å². The zero-order chi connectivity index (χ0) is 13.2. The molecule has 0 spiro atoms. The first kappa shape index (κ1) is 12.0. The van der Waals surface area contributed by atoms with Gasteiger partial charge in [-0.15, -0.1) is 0 Å². The highest BCUT2D eigenvalue weighted by molar-refractivity contribution is 5.79. The largest absolute Gasteiger partial charge is 0.461 e. The normalized spacial score (nSPS) is 12.9. The lowest BCUT2D eigenvalue weighted by Gasteiger charge is -2.09. The van der Waals surface area contributed by atoms with Crippen molar-refractivity contribution in [3.63, 3.8) is 0 Å². The molecular weight excluding hydrogens is 238 g/mol. The third-order valence-corrected chi connectivity index (χ3v) is 3.43. The van der Waals surface area contributed by atoms with E-state index in [0.29, 0.717) is 12.5 Å². The SMILES string of the molecule is CC(CCN)c1ccc2nc(-c3ccco3)[nH]c2c1. The summed E-state index contributed by atoms with van der Waals surface area (Å²) in [5, 5.41) is 0. The summed E-state index contributed by atoms with van der Waals surface area (Å²) in [6, 6.07) is 10.1. The minimum Gasteiger partial charge on any atom is -0.461 e. The summed E-state index contributed by atoms with van der Waals surface area (Å²) >= 11 is 0. The summed E-state index contributed by atoms with van der Waals surface area (Å²) in [6.07, 6.45) is 2.64. The number of aromatic amines is 1. The Morgan fingerprint density at radius 2 is 2.26 bits per heavy atom. The zero-order valence-corrected chi connectivity index (χ0v) is 10.9. The Labute approximate surface area is 111 Å². The fraction of sp³-hybridized carbons (Fsp3) is 0.267. The molecule has 1 aromatic carbocycles. The van der Waals surface area contributed by atoms with Crippen molar-refractivity contribution in [3.8, 4) is 11.6 Å². The van der Waals surface area contributed by atoms with Crippen LogP contribution >= 0.6 is 0 Å². The van der Waals surface area contributed by atoms with Crippen molar-refractivity contribution in [2.24, 2.45) is 5.73 Å². The lowest BCUT2D eigenvalue weighted by Crippen LogP contribution is -2.04. The van der Waals surface area contributed by atoms with Crippen LogP contribution in [0.25, 0.3) is 22.6 Å². The van der Waals surface area contributed by atoms with E-state index in [2.05, 4.69) is 29.0 Å². The van der Waals surface area contributed by atoms with Crippen LogP contribution in [-0.4, -0.2) is 16.5 Å². The molecule has 0 aliphatic heterocycles. The molecule has 98 valence electrons. The Balaban J connectivity index is 1.99. The van der Waals surface area contributed by atoms with Crippen molar-refractivity contribution >= 4 is 11.0 Å². The number of hydrogen-bond donors (Lipinski definition) is 2. The maximum Gasteiger partial charge on any atom is 0.174 e. The first-order valence-electron chi connectivity index (χ1n) is 6.51. The van der Waals surface area contributed by atoms with Gasteiger partial charge in [-0.2, -0.15) is 0 Å². The lowest BCUT2D eigenvalue weighted by atomic mass is 9.97. The molecule has 0 saturated carbocycles. The number of fused-ring (bicyclic) bond motifs is 1. The number of nitrogens with zero attached hydrogens (tertiary/aromatic N) is 1. The number of aromatic nitrogens is 2. The van der Waals surface area contributed by atoms with E-state index in [1.54, 1.807) is 6.26 Å². The number of nitrogens with one attached hydrogen (secondary N) is 1. The highest BCUT2D eigenvalue weighted by atomic mass is 16.3. The number of rotatable bonds is 4. The van der Waals surface area contributed by atoms with Crippen molar-refractivity contribution in [3.05, 3.63) is 42.2 Å². The van der Waals surface area contributed by atoms with Gasteiger partial charge in [0.2, 0.25) is 0 Å². The van der Waals surface area contributed by atoms with Gasteiger partial charge in [0, 0.05) is 0 Å². The van der Waals surface area contributed by atoms with Gasteiger partial charge in [-0.1, -0.05) is 13.0 Å². The van der Waals surface area contributed by atoms with Gasteiger partial charge in [0.05, 0.1) is 17.3 Å². The highest BCUT2D eigenvalue weighted by Gasteiger charge is 2.10. The van der Waals surface area contributed by atoms with E-state index in [0.717, 1.165) is 29.0 Å². The van der Waals surface area contributed by atoms with Crippen LogP contribution in [0.2, 0.25) is 0 Å². The number of nitrogens with two attached hydrogens (primary N) is 1.